The number of hydrogen-bond acceptors (Lipinski definition) is 3. The Kier molecular flexibility index (Phi) is 6.11. The van der Waals surface area contributed by atoms with Gasteiger partial charge in [0.1, 0.15) is 5.54 Å². The SMILES string of the molecule is CNC(C)(C#N)CCCOC1CCC(C)C(C)C1. The lowest BCUT2D eigenvalue weighted by Gasteiger charge is -2.32. The summed E-state index contributed by atoms with van der Waals surface area (Å²) in [6.45, 7) is 7.39. The maximum atomic E-state index is 9.04. The van der Waals surface area contributed by atoms with Gasteiger partial charge in [-0.1, -0.05) is 13.8 Å². The summed E-state index contributed by atoms with van der Waals surface area (Å²) in [6.07, 6.45) is 5.93. The molecule has 3 nitrogen and oxygen atoms in total. The molecule has 1 aliphatic carbocycles. The summed E-state index contributed by atoms with van der Waals surface area (Å²) < 4.78 is 5.95. The Bertz CT molecular complexity index is 287. The van der Waals surface area contributed by atoms with Gasteiger partial charge in [0.05, 0.1) is 12.2 Å². The van der Waals surface area contributed by atoms with Crippen molar-refractivity contribution in [3.63, 3.8) is 0 Å². The van der Waals surface area contributed by atoms with E-state index in [1.807, 2.05) is 14.0 Å². The van der Waals surface area contributed by atoms with E-state index in [1.54, 1.807) is 0 Å². The van der Waals surface area contributed by atoms with Crippen LogP contribution in [0.2, 0.25) is 0 Å². The minimum absolute atomic E-state index is 0.405. The molecule has 1 N–H and O–H groups in total. The lowest BCUT2D eigenvalue weighted by Crippen LogP contribution is -2.38. The highest BCUT2D eigenvalue weighted by atomic mass is 16.5. The molecular formula is C15H28N2O. The molecule has 0 saturated heterocycles. The van der Waals surface area contributed by atoms with Crippen molar-refractivity contribution in [3.05, 3.63) is 0 Å². The molecule has 4 atom stereocenters. The van der Waals surface area contributed by atoms with Crippen molar-refractivity contribution in [2.45, 2.75) is 64.5 Å². The van der Waals surface area contributed by atoms with Crippen molar-refractivity contribution >= 4 is 0 Å². The molecule has 1 aliphatic rings. The van der Waals surface area contributed by atoms with Gasteiger partial charge in [0.25, 0.3) is 0 Å². The minimum Gasteiger partial charge on any atom is -0.378 e. The van der Waals surface area contributed by atoms with Gasteiger partial charge in [0.2, 0.25) is 0 Å². The zero-order valence-electron chi connectivity index (χ0n) is 12.3. The molecule has 4 unspecified atom stereocenters. The Balaban J connectivity index is 2.17. The Hall–Kier alpha value is -0.590. The first-order valence-electron chi connectivity index (χ1n) is 7.22. The van der Waals surface area contributed by atoms with Crippen LogP contribution in [0.25, 0.3) is 0 Å². The first-order valence-corrected chi connectivity index (χ1v) is 7.22. The molecule has 0 heterocycles. The van der Waals surface area contributed by atoms with Gasteiger partial charge in [-0.3, -0.25) is 0 Å². The predicted octanol–water partition coefficient (Wildman–Crippen LogP) is 3.11. The van der Waals surface area contributed by atoms with E-state index in [0.29, 0.717) is 6.10 Å². The van der Waals surface area contributed by atoms with Crippen LogP contribution in [0.3, 0.4) is 0 Å². The fourth-order valence-electron chi connectivity index (χ4n) is 2.56. The average molecular weight is 252 g/mol. The molecule has 1 rings (SSSR count). The average Bonchev–Trinajstić information content (AvgIpc) is 2.38. The molecule has 0 aromatic rings. The Morgan fingerprint density at radius 3 is 2.61 bits per heavy atom. The predicted molar refractivity (Wildman–Crippen MR) is 74.2 cm³/mol. The molecule has 1 fully saturated rings. The summed E-state index contributed by atoms with van der Waals surface area (Å²) in [5.74, 6) is 1.63. The standard InChI is InChI=1S/C15H28N2O/c1-12-6-7-14(10-13(12)2)18-9-5-8-15(3,11-16)17-4/h12-14,17H,5-10H2,1-4H3. The van der Waals surface area contributed by atoms with Crippen LogP contribution in [0.4, 0.5) is 0 Å². The summed E-state index contributed by atoms with van der Waals surface area (Å²) in [7, 11) is 1.84. The highest BCUT2D eigenvalue weighted by Gasteiger charge is 2.25. The number of ether oxygens (including phenoxy) is 1. The summed E-state index contributed by atoms with van der Waals surface area (Å²) in [4.78, 5) is 0. The van der Waals surface area contributed by atoms with Gasteiger partial charge in [-0.05, 0) is 57.9 Å². The van der Waals surface area contributed by atoms with Crippen LogP contribution >= 0.6 is 0 Å². The third kappa shape index (κ3) is 4.59. The Morgan fingerprint density at radius 2 is 2.06 bits per heavy atom. The van der Waals surface area contributed by atoms with Gasteiger partial charge in [0, 0.05) is 6.61 Å². The molecular weight excluding hydrogens is 224 g/mol. The number of hydrogen-bond donors (Lipinski definition) is 1. The minimum atomic E-state index is -0.405. The van der Waals surface area contributed by atoms with Gasteiger partial charge in [-0.2, -0.15) is 5.26 Å². The maximum Gasteiger partial charge on any atom is 0.103 e. The highest BCUT2D eigenvalue weighted by Crippen LogP contribution is 2.31. The van der Waals surface area contributed by atoms with Crippen LogP contribution in [-0.2, 0) is 4.74 Å². The zero-order valence-corrected chi connectivity index (χ0v) is 12.3. The molecule has 3 heteroatoms. The number of nitrogens with one attached hydrogen (secondary N) is 1. The number of nitrogens with zero attached hydrogens (tertiary/aromatic N) is 1. The number of rotatable bonds is 6. The monoisotopic (exact) mass is 252 g/mol. The molecule has 0 aromatic carbocycles. The highest BCUT2D eigenvalue weighted by molar-refractivity contribution is 5.02. The van der Waals surface area contributed by atoms with E-state index in [2.05, 4.69) is 25.2 Å². The van der Waals surface area contributed by atoms with Gasteiger partial charge in [-0.25, -0.2) is 0 Å². The first kappa shape index (κ1) is 15.5. The second kappa shape index (κ2) is 7.11. The van der Waals surface area contributed by atoms with Crippen LogP contribution in [0, 0.1) is 23.2 Å². The zero-order chi connectivity index (χ0) is 13.6. The second-order valence-electron chi connectivity index (χ2n) is 6.06. The molecule has 0 spiro atoms. The molecule has 0 aliphatic heterocycles. The molecule has 18 heavy (non-hydrogen) atoms. The van der Waals surface area contributed by atoms with E-state index >= 15 is 0 Å². The fraction of sp³-hybridized carbons (Fsp3) is 0.933. The molecule has 1 saturated carbocycles. The lowest BCUT2D eigenvalue weighted by molar-refractivity contribution is -0.00000893. The molecule has 0 bridgehead atoms. The van der Waals surface area contributed by atoms with E-state index in [1.165, 1.54) is 19.3 Å². The topological polar surface area (TPSA) is 45.0 Å². The molecule has 0 radical (unpaired) electrons. The van der Waals surface area contributed by atoms with E-state index in [0.717, 1.165) is 31.3 Å². The smallest absolute Gasteiger partial charge is 0.103 e. The van der Waals surface area contributed by atoms with Crippen molar-refractivity contribution in [2.75, 3.05) is 13.7 Å². The molecule has 104 valence electrons. The van der Waals surface area contributed by atoms with Gasteiger partial charge in [-0.15, -0.1) is 0 Å². The quantitative estimate of drug-likeness (QED) is 0.739. The van der Waals surface area contributed by atoms with Crippen molar-refractivity contribution in [1.82, 2.24) is 5.32 Å². The van der Waals surface area contributed by atoms with Crippen molar-refractivity contribution < 1.29 is 4.74 Å². The summed E-state index contributed by atoms with van der Waals surface area (Å²) in [6, 6.07) is 2.31. The van der Waals surface area contributed by atoms with Crippen molar-refractivity contribution in [3.8, 4) is 6.07 Å². The van der Waals surface area contributed by atoms with Crippen LogP contribution < -0.4 is 5.32 Å². The summed E-state index contributed by atoms with van der Waals surface area (Å²) in [5.41, 5.74) is -0.405. The van der Waals surface area contributed by atoms with Crippen molar-refractivity contribution in [1.29, 1.82) is 5.26 Å². The Labute approximate surface area is 112 Å². The van der Waals surface area contributed by atoms with Crippen LogP contribution in [-0.4, -0.2) is 25.3 Å². The van der Waals surface area contributed by atoms with E-state index < -0.39 is 5.54 Å². The van der Waals surface area contributed by atoms with E-state index in [-0.39, 0.29) is 0 Å². The lowest BCUT2D eigenvalue weighted by atomic mass is 9.80. The Morgan fingerprint density at radius 1 is 1.33 bits per heavy atom. The second-order valence-corrected chi connectivity index (χ2v) is 6.06. The first-order chi connectivity index (χ1) is 8.50. The molecule has 0 aromatic heterocycles. The summed E-state index contributed by atoms with van der Waals surface area (Å²) in [5, 5.41) is 12.1. The van der Waals surface area contributed by atoms with Crippen LogP contribution in [0.5, 0.6) is 0 Å². The number of nitriles is 1. The van der Waals surface area contributed by atoms with E-state index in [4.69, 9.17) is 10.00 Å². The molecule has 0 amide bonds. The summed E-state index contributed by atoms with van der Waals surface area (Å²) >= 11 is 0. The normalized spacial score (nSPS) is 31.6. The van der Waals surface area contributed by atoms with Gasteiger partial charge in [0.15, 0.2) is 0 Å². The van der Waals surface area contributed by atoms with Crippen LogP contribution in [0.15, 0.2) is 0 Å². The van der Waals surface area contributed by atoms with Crippen molar-refractivity contribution in [2.24, 2.45) is 11.8 Å². The van der Waals surface area contributed by atoms with Gasteiger partial charge >= 0.3 is 0 Å². The third-order valence-corrected chi connectivity index (χ3v) is 4.52. The van der Waals surface area contributed by atoms with E-state index in [9.17, 15) is 0 Å². The fourth-order valence-corrected chi connectivity index (χ4v) is 2.56. The third-order valence-electron chi connectivity index (χ3n) is 4.52. The van der Waals surface area contributed by atoms with Gasteiger partial charge < -0.3 is 10.1 Å². The maximum absolute atomic E-state index is 9.04. The largest absolute Gasteiger partial charge is 0.378 e. The van der Waals surface area contributed by atoms with Crippen LogP contribution in [0.1, 0.15) is 52.9 Å².